The summed E-state index contributed by atoms with van der Waals surface area (Å²) in [6, 6.07) is -1.51. The van der Waals surface area contributed by atoms with Crippen LogP contribution < -0.4 is 5.32 Å². The van der Waals surface area contributed by atoms with Gasteiger partial charge in [0.05, 0.1) is 12.6 Å². The molecule has 0 spiro atoms. The zero-order valence-electron chi connectivity index (χ0n) is 22.9. The lowest BCUT2D eigenvalue weighted by Gasteiger charge is -2.31. The summed E-state index contributed by atoms with van der Waals surface area (Å²) < 4.78 is 50.5. The summed E-state index contributed by atoms with van der Waals surface area (Å²) in [6.07, 6.45) is -2.80. The van der Waals surface area contributed by atoms with Gasteiger partial charge in [0.15, 0.2) is 5.78 Å². The minimum Gasteiger partial charge on any atom is -0.444 e. The summed E-state index contributed by atoms with van der Waals surface area (Å²) in [6.45, 7) is 15.8. The van der Waals surface area contributed by atoms with Gasteiger partial charge < -0.3 is 14.7 Å². The van der Waals surface area contributed by atoms with Crippen molar-refractivity contribution in [2.24, 2.45) is 17.8 Å². The summed E-state index contributed by atoms with van der Waals surface area (Å²) in [5.74, 6) is -0.612. The number of carbonyl (C=O) groups excluding carboxylic acids is 2. The smallest absolute Gasteiger partial charge is 0.410 e. The average Bonchev–Trinajstić information content (AvgIpc) is 3.07. The monoisotopic (exact) mass is 505 g/mol. The highest BCUT2D eigenvalue weighted by molar-refractivity contribution is 6.27. The summed E-state index contributed by atoms with van der Waals surface area (Å²) in [5.41, 5.74) is -1.11. The van der Waals surface area contributed by atoms with Crippen molar-refractivity contribution in [1.82, 2.24) is 10.2 Å². The zero-order chi connectivity index (χ0) is 27.2. The van der Waals surface area contributed by atoms with Gasteiger partial charge in [-0.05, 0) is 53.4 Å². The highest BCUT2D eigenvalue weighted by Crippen LogP contribution is 2.34. The second-order valence-electron chi connectivity index (χ2n) is 11.5. The maximum Gasteiger partial charge on any atom is 0.410 e. The largest absolute Gasteiger partial charge is 0.444 e. The molecule has 0 aromatic rings. The molecule has 0 aromatic heterocycles. The molecule has 0 aliphatic carbocycles. The fourth-order valence-corrected chi connectivity index (χ4v) is 3.95. The fourth-order valence-electron chi connectivity index (χ4n) is 3.95. The van der Waals surface area contributed by atoms with Crippen molar-refractivity contribution in [1.29, 1.82) is 0 Å². The number of halogens is 3. The standard InChI is InChI=1S/C25H45BF3N2O4/c1-10-17(4)21(32)20-18(12-11-13-26-35-24(8,9)16(2)3)19(30-15-25(27,28)29)14-31(20)22(33)34-23(5,6)7/h16-20,30H,10-15H2,1-9H3/t17?,18?,19-,20?/m0/s1. The molecule has 0 aromatic carbocycles. The number of likely N-dealkylation sites (tertiary alicyclic amines) is 1. The Balaban J connectivity index is 3.09. The molecule has 1 aliphatic heterocycles. The van der Waals surface area contributed by atoms with E-state index in [1.165, 1.54) is 4.90 Å². The number of hydrogen-bond acceptors (Lipinski definition) is 5. The Morgan fingerprint density at radius 3 is 2.20 bits per heavy atom. The number of hydrogen-bond donors (Lipinski definition) is 1. The third-order valence-corrected chi connectivity index (χ3v) is 6.87. The van der Waals surface area contributed by atoms with E-state index in [1.807, 2.05) is 20.8 Å². The first-order valence-electron chi connectivity index (χ1n) is 12.7. The average molecular weight is 505 g/mol. The third kappa shape index (κ3) is 10.3. The summed E-state index contributed by atoms with van der Waals surface area (Å²) in [5, 5.41) is 2.57. The van der Waals surface area contributed by atoms with Crippen LogP contribution in [-0.2, 0) is 14.2 Å². The number of ether oxygens (including phenoxy) is 1. The number of amides is 1. The van der Waals surface area contributed by atoms with Crippen LogP contribution in [0.3, 0.4) is 0 Å². The molecule has 1 radical (unpaired) electrons. The van der Waals surface area contributed by atoms with Crippen LogP contribution in [0.1, 0.15) is 81.6 Å². The van der Waals surface area contributed by atoms with Gasteiger partial charge in [0, 0.05) is 30.0 Å². The van der Waals surface area contributed by atoms with Crippen molar-refractivity contribution in [3.63, 3.8) is 0 Å². The van der Waals surface area contributed by atoms with E-state index in [9.17, 15) is 22.8 Å². The maximum atomic E-state index is 13.4. The van der Waals surface area contributed by atoms with E-state index >= 15 is 0 Å². The third-order valence-electron chi connectivity index (χ3n) is 6.87. The van der Waals surface area contributed by atoms with Crippen LogP contribution in [0.2, 0.25) is 6.32 Å². The van der Waals surface area contributed by atoms with E-state index in [-0.39, 0.29) is 23.8 Å². The van der Waals surface area contributed by atoms with Crippen molar-refractivity contribution < 1.29 is 32.2 Å². The summed E-state index contributed by atoms with van der Waals surface area (Å²) >= 11 is 0. The van der Waals surface area contributed by atoms with Gasteiger partial charge in [0.25, 0.3) is 7.48 Å². The van der Waals surface area contributed by atoms with Crippen LogP contribution in [0.5, 0.6) is 0 Å². The highest BCUT2D eigenvalue weighted by Gasteiger charge is 2.49. The second-order valence-corrected chi connectivity index (χ2v) is 11.5. The Kier molecular flexibility index (Phi) is 11.6. The van der Waals surface area contributed by atoms with Crippen LogP contribution in [0.4, 0.5) is 18.0 Å². The number of carbonyl (C=O) groups is 2. The molecule has 1 fully saturated rings. The van der Waals surface area contributed by atoms with Crippen LogP contribution in [0.25, 0.3) is 0 Å². The van der Waals surface area contributed by atoms with Crippen LogP contribution in [0, 0.1) is 17.8 Å². The first-order chi connectivity index (χ1) is 15.9. The van der Waals surface area contributed by atoms with Gasteiger partial charge in [-0.25, -0.2) is 4.79 Å². The number of Topliss-reactive ketones (excluding diaryl/α,β-unsaturated/α-hetero) is 1. The van der Waals surface area contributed by atoms with E-state index < -0.39 is 42.4 Å². The van der Waals surface area contributed by atoms with Gasteiger partial charge in [0.2, 0.25) is 0 Å². The van der Waals surface area contributed by atoms with Crippen molar-refractivity contribution >= 4 is 19.4 Å². The number of nitrogens with zero attached hydrogens (tertiary/aromatic N) is 1. The number of alkyl halides is 3. The molecule has 3 unspecified atom stereocenters. The van der Waals surface area contributed by atoms with Gasteiger partial charge in [-0.1, -0.05) is 40.4 Å². The van der Waals surface area contributed by atoms with Gasteiger partial charge >= 0.3 is 12.3 Å². The Bertz CT molecular complexity index is 695. The Morgan fingerprint density at radius 2 is 1.71 bits per heavy atom. The minimum atomic E-state index is -4.40. The molecule has 0 saturated carbocycles. The topological polar surface area (TPSA) is 67.9 Å². The molecule has 1 saturated heterocycles. The lowest BCUT2D eigenvalue weighted by Crippen LogP contribution is -2.47. The molecule has 35 heavy (non-hydrogen) atoms. The van der Waals surface area contributed by atoms with Gasteiger partial charge in [0.1, 0.15) is 5.60 Å². The molecule has 1 rings (SSSR count). The zero-order valence-corrected chi connectivity index (χ0v) is 22.9. The van der Waals surface area contributed by atoms with Crippen LogP contribution in [-0.4, -0.2) is 66.8 Å². The van der Waals surface area contributed by atoms with E-state index in [0.717, 1.165) is 0 Å². The number of nitrogens with one attached hydrogen (secondary N) is 1. The number of ketones is 1. The first kappa shape index (κ1) is 31.7. The Labute approximate surface area is 210 Å². The maximum absolute atomic E-state index is 13.4. The minimum absolute atomic E-state index is 0.0108. The molecule has 1 N–H and O–H groups in total. The van der Waals surface area contributed by atoms with Crippen molar-refractivity contribution in [2.45, 2.75) is 117 Å². The van der Waals surface area contributed by atoms with Gasteiger partial charge in [-0.2, -0.15) is 13.2 Å². The molecule has 1 heterocycles. The normalized spacial score (nSPS) is 22.4. The van der Waals surface area contributed by atoms with Crippen LogP contribution >= 0.6 is 0 Å². The second kappa shape index (κ2) is 12.8. The Hall–Kier alpha value is -1.29. The van der Waals surface area contributed by atoms with Crippen LogP contribution in [0.15, 0.2) is 0 Å². The molecule has 1 amide bonds. The predicted molar refractivity (Wildman–Crippen MR) is 132 cm³/mol. The molecule has 4 atom stereocenters. The molecule has 203 valence electrons. The molecule has 6 nitrogen and oxygen atoms in total. The quantitative estimate of drug-likeness (QED) is 0.275. The van der Waals surface area contributed by atoms with Crippen molar-refractivity contribution in [2.75, 3.05) is 13.1 Å². The molecule has 10 heteroatoms. The van der Waals surface area contributed by atoms with Gasteiger partial charge in [-0.15, -0.1) is 0 Å². The van der Waals surface area contributed by atoms with E-state index in [4.69, 9.17) is 9.39 Å². The summed E-state index contributed by atoms with van der Waals surface area (Å²) in [7, 11) is 1.74. The van der Waals surface area contributed by atoms with Crippen molar-refractivity contribution in [3.05, 3.63) is 0 Å². The van der Waals surface area contributed by atoms with E-state index in [2.05, 4.69) is 19.2 Å². The predicted octanol–water partition coefficient (Wildman–Crippen LogP) is 5.63. The lowest BCUT2D eigenvalue weighted by molar-refractivity contribution is -0.128. The molecule has 0 bridgehead atoms. The lowest BCUT2D eigenvalue weighted by atomic mass is 9.81. The van der Waals surface area contributed by atoms with Gasteiger partial charge in [-0.3, -0.25) is 9.69 Å². The molecule has 1 aliphatic rings. The SMILES string of the molecule is CCC(C)C(=O)C1C(CCC[B]OC(C)(C)C(C)C)[C@@H](NCC(F)(F)F)CN1C(=O)OC(C)(C)C. The highest BCUT2D eigenvalue weighted by atomic mass is 19.4. The molecular weight excluding hydrogens is 460 g/mol. The first-order valence-corrected chi connectivity index (χ1v) is 12.7. The fraction of sp³-hybridized carbons (Fsp3) is 0.920. The summed E-state index contributed by atoms with van der Waals surface area (Å²) in [4.78, 5) is 27.7. The van der Waals surface area contributed by atoms with E-state index in [1.54, 1.807) is 35.2 Å². The van der Waals surface area contributed by atoms with E-state index in [0.29, 0.717) is 31.5 Å². The Morgan fingerprint density at radius 1 is 1.11 bits per heavy atom. The molecular formula is C25H45BF3N2O4. The number of rotatable bonds is 12. The van der Waals surface area contributed by atoms with Crippen molar-refractivity contribution in [3.8, 4) is 0 Å².